The van der Waals surface area contributed by atoms with Crippen molar-refractivity contribution in [2.45, 2.75) is 51.0 Å². The van der Waals surface area contributed by atoms with Crippen molar-refractivity contribution in [1.82, 2.24) is 5.32 Å². The van der Waals surface area contributed by atoms with Crippen molar-refractivity contribution in [2.24, 2.45) is 0 Å². The van der Waals surface area contributed by atoms with Gasteiger partial charge in [0.1, 0.15) is 0 Å². The predicted octanol–water partition coefficient (Wildman–Crippen LogP) is 2.90. The van der Waals surface area contributed by atoms with E-state index in [1.807, 2.05) is 0 Å². The third-order valence-electron chi connectivity index (χ3n) is 4.92. The molecular weight excluding hydrogens is 288 g/mol. The molecule has 3 rings (SSSR count). The molecule has 1 aromatic rings. The minimum absolute atomic E-state index is 0.203. The van der Waals surface area contributed by atoms with Gasteiger partial charge in [0.15, 0.2) is 0 Å². The highest BCUT2D eigenvalue weighted by Crippen LogP contribution is 2.19. The molecule has 1 saturated carbocycles. The zero-order chi connectivity index (χ0) is 15.9. The van der Waals surface area contributed by atoms with E-state index in [-0.39, 0.29) is 5.91 Å². The zero-order valence-corrected chi connectivity index (χ0v) is 13.9. The van der Waals surface area contributed by atoms with Crippen LogP contribution in [0.15, 0.2) is 24.3 Å². The molecule has 0 spiro atoms. The fourth-order valence-corrected chi connectivity index (χ4v) is 3.50. The van der Waals surface area contributed by atoms with Gasteiger partial charge in [-0.15, -0.1) is 0 Å². The number of amides is 1. The summed E-state index contributed by atoms with van der Waals surface area (Å²) >= 11 is 0. The second kappa shape index (κ2) is 8.34. The molecule has 0 unspecified atom stereocenters. The number of carbonyl (C=O) groups excluding carboxylic acids is 1. The van der Waals surface area contributed by atoms with E-state index < -0.39 is 0 Å². The van der Waals surface area contributed by atoms with Crippen LogP contribution in [0.2, 0.25) is 0 Å². The zero-order valence-electron chi connectivity index (χ0n) is 13.9. The third kappa shape index (κ3) is 4.96. The van der Waals surface area contributed by atoms with Crippen molar-refractivity contribution >= 4 is 11.6 Å². The van der Waals surface area contributed by atoms with Gasteiger partial charge in [-0.25, -0.2) is 0 Å². The van der Waals surface area contributed by atoms with E-state index in [1.165, 1.54) is 30.5 Å². The van der Waals surface area contributed by atoms with Gasteiger partial charge in [-0.1, -0.05) is 31.4 Å². The lowest BCUT2D eigenvalue weighted by Crippen LogP contribution is -2.36. The molecular formula is C19H28N2O2. The van der Waals surface area contributed by atoms with Crippen LogP contribution in [0.5, 0.6) is 0 Å². The van der Waals surface area contributed by atoms with E-state index >= 15 is 0 Å². The summed E-state index contributed by atoms with van der Waals surface area (Å²) in [5, 5.41) is 3.19. The first kappa shape index (κ1) is 16.3. The number of nitrogens with zero attached hydrogens (tertiary/aromatic N) is 1. The third-order valence-corrected chi connectivity index (χ3v) is 4.92. The quantitative estimate of drug-likeness (QED) is 0.908. The maximum Gasteiger partial charge on any atom is 0.220 e. The second-order valence-corrected chi connectivity index (χ2v) is 6.67. The summed E-state index contributed by atoms with van der Waals surface area (Å²) in [4.78, 5) is 14.4. The fourth-order valence-electron chi connectivity index (χ4n) is 3.50. The average molecular weight is 316 g/mol. The second-order valence-electron chi connectivity index (χ2n) is 6.67. The summed E-state index contributed by atoms with van der Waals surface area (Å²) < 4.78 is 5.39. The van der Waals surface area contributed by atoms with Gasteiger partial charge in [-0.05, 0) is 37.0 Å². The molecule has 2 aliphatic rings. The molecule has 1 aliphatic heterocycles. The Balaban J connectivity index is 1.43. The summed E-state index contributed by atoms with van der Waals surface area (Å²) in [5.41, 5.74) is 2.49. The summed E-state index contributed by atoms with van der Waals surface area (Å²) in [5.74, 6) is 0.203. The standard InChI is InChI=1S/C19H28N2O2/c22-19(20-17-4-2-1-3-5-17)11-8-16-6-9-18(10-7-16)21-12-14-23-15-13-21/h6-7,9-10,17H,1-5,8,11-15H2,(H,20,22). The first-order valence-electron chi connectivity index (χ1n) is 9.02. The Morgan fingerprint density at radius 1 is 1.09 bits per heavy atom. The van der Waals surface area contributed by atoms with Gasteiger partial charge in [0.05, 0.1) is 13.2 Å². The molecule has 1 amide bonds. The Morgan fingerprint density at radius 2 is 1.78 bits per heavy atom. The molecule has 0 aromatic heterocycles. The number of rotatable bonds is 5. The van der Waals surface area contributed by atoms with Crippen LogP contribution in [0.1, 0.15) is 44.1 Å². The lowest BCUT2D eigenvalue weighted by atomic mass is 9.95. The summed E-state index contributed by atoms with van der Waals surface area (Å²) in [7, 11) is 0. The minimum Gasteiger partial charge on any atom is -0.378 e. The number of anilines is 1. The predicted molar refractivity (Wildman–Crippen MR) is 92.8 cm³/mol. The highest BCUT2D eigenvalue weighted by molar-refractivity contribution is 5.76. The fraction of sp³-hybridized carbons (Fsp3) is 0.632. The van der Waals surface area contributed by atoms with Crippen LogP contribution in [-0.4, -0.2) is 38.3 Å². The number of ether oxygens (including phenoxy) is 1. The van der Waals surface area contributed by atoms with Crippen molar-refractivity contribution in [3.05, 3.63) is 29.8 Å². The van der Waals surface area contributed by atoms with Crippen LogP contribution in [-0.2, 0) is 16.0 Å². The number of benzene rings is 1. The van der Waals surface area contributed by atoms with Crippen LogP contribution in [0.4, 0.5) is 5.69 Å². The molecule has 1 aliphatic carbocycles. The number of morpholine rings is 1. The van der Waals surface area contributed by atoms with Crippen LogP contribution < -0.4 is 10.2 Å². The van der Waals surface area contributed by atoms with Gasteiger partial charge in [0.25, 0.3) is 0 Å². The Kier molecular flexibility index (Phi) is 5.92. The van der Waals surface area contributed by atoms with E-state index in [1.54, 1.807) is 0 Å². The van der Waals surface area contributed by atoms with Crippen molar-refractivity contribution in [3.8, 4) is 0 Å². The molecule has 2 fully saturated rings. The SMILES string of the molecule is O=C(CCc1ccc(N2CCOCC2)cc1)NC1CCCCC1. The van der Waals surface area contributed by atoms with E-state index in [4.69, 9.17) is 4.74 Å². The van der Waals surface area contributed by atoms with Crippen LogP contribution >= 0.6 is 0 Å². The topological polar surface area (TPSA) is 41.6 Å². The van der Waals surface area contributed by atoms with Crippen molar-refractivity contribution in [2.75, 3.05) is 31.2 Å². The molecule has 1 heterocycles. The van der Waals surface area contributed by atoms with Gasteiger partial charge in [0, 0.05) is 31.2 Å². The van der Waals surface area contributed by atoms with E-state index in [2.05, 4.69) is 34.5 Å². The summed E-state index contributed by atoms with van der Waals surface area (Å²) in [6.07, 6.45) is 7.55. The normalized spacial score (nSPS) is 19.6. The Hall–Kier alpha value is -1.55. The number of aryl methyl sites for hydroxylation is 1. The van der Waals surface area contributed by atoms with E-state index in [0.717, 1.165) is 45.6 Å². The van der Waals surface area contributed by atoms with Gasteiger partial charge in [-0.3, -0.25) is 4.79 Å². The lowest BCUT2D eigenvalue weighted by Gasteiger charge is -2.28. The van der Waals surface area contributed by atoms with Crippen LogP contribution in [0.25, 0.3) is 0 Å². The Bertz CT molecular complexity index is 489. The Labute approximate surface area is 139 Å². The Morgan fingerprint density at radius 3 is 2.48 bits per heavy atom. The molecule has 0 bridgehead atoms. The van der Waals surface area contributed by atoms with E-state index in [9.17, 15) is 4.79 Å². The van der Waals surface area contributed by atoms with Crippen molar-refractivity contribution in [3.63, 3.8) is 0 Å². The molecule has 4 nitrogen and oxygen atoms in total. The van der Waals surface area contributed by atoms with Crippen molar-refractivity contribution in [1.29, 1.82) is 0 Å². The monoisotopic (exact) mass is 316 g/mol. The smallest absolute Gasteiger partial charge is 0.220 e. The first-order chi connectivity index (χ1) is 11.3. The average Bonchev–Trinajstić information content (AvgIpc) is 2.62. The molecule has 0 atom stereocenters. The lowest BCUT2D eigenvalue weighted by molar-refractivity contribution is -0.121. The minimum atomic E-state index is 0.203. The maximum absolute atomic E-state index is 12.1. The highest BCUT2D eigenvalue weighted by Gasteiger charge is 2.15. The van der Waals surface area contributed by atoms with Gasteiger partial charge in [0.2, 0.25) is 5.91 Å². The van der Waals surface area contributed by atoms with Crippen LogP contribution in [0, 0.1) is 0 Å². The summed E-state index contributed by atoms with van der Waals surface area (Å²) in [6.45, 7) is 3.54. The number of nitrogens with one attached hydrogen (secondary N) is 1. The molecule has 4 heteroatoms. The molecule has 1 saturated heterocycles. The first-order valence-corrected chi connectivity index (χ1v) is 9.02. The number of hydrogen-bond donors (Lipinski definition) is 1. The maximum atomic E-state index is 12.1. The van der Waals surface area contributed by atoms with E-state index in [0.29, 0.717) is 12.5 Å². The number of carbonyl (C=O) groups is 1. The van der Waals surface area contributed by atoms with Gasteiger partial charge in [-0.2, -0.15) is 0 Å². The molecule has 0 radical (unpaired) electrons. The largest absolute Gasteiger partial charge is 0.378 e. The van der Waals surface area contributed by atoms with Gasteiger partial charge >= 0.3 is 0 Å². The molecule has 23 heavy (non-hydrogen) atoms. The van der Waals surface area contributed by atoms with Gasteiger partial charge < -0.3 is 15.0 Å². The molecule has 1 N–H and O–H groups in total. The number of hydrogen-bond acceptors (Lipinski definition) is 3. The summed E-state index contributed by atoms with van der Waals surface area (Å²) in [6, 6.07) is 9.05. The molecule has 126 valence electrons. The van der Waals surface area contributed by atoms with Crippen LogP contribution in [0.3, 0.4) is 0 Å². The highest BCUT2D eigenvalue weighted by atomic mass is 16.5. The van der Waals surface area contributed by atoms with Crippen molar-refractivity contribution < 1.29 is 9.53 Å². The molecule has 1 aromatic carbocycles.